The summed E-state index contributed by atoms with van der Waals surface area (Å²) in [5, 5.41) is 10.8. The third-order valence-electron chi connectivity index (χ3n) is 3.22. The summed E-state index contributed by atoms with van der Waals surface area (Å²) in [6.45, 7) is 1.63. The quantitative estimate of drug-likeness (QED) is 0.331. The Morgan fingerprint density at radius 1 is 1.18 bits per heavy atom. The molecule has 2 aromatic rings. The molecule has 120 valence electrons. The van der Waals surface area contributed by atoms with Gasteiger partial charge in [0.15, 0.2) is 5.96 Å². The van der Waals surface area contributed by atoms with Crippen molar-refractivity contribution in [1.82, 2.24) is 20.4 Å². The van der Waals surface area contributed by atoms with Crippen LogP contribution in [0.4, 0.5) is 0 Å². The van der Waals surface area contributed by atoms with Crippen molar-refractivity contribution >= 4 is 29.9 Å². The second-order valence-electron chi connectivity index (χ2n) is 4.96. The number of rotatable bonds is 6. The topological polar surface area (TPSA) is 54.2 Å². The van der Waals surface area contributed by atoms with Crippen molar-refractivity contribution in [2.75, 3.05) is 13.6 Å². The van der Waals surface area contributed by atoms with Crippen LogP contribution in [-0.4, -0.2) is 29.3 Å². The highest BCUT2D eigenvalue weighted by molar-refractivity contribution is 14.0. The van der Waals surface area contributed by atoms with Crippen molar-refractivity contribution in [3.63, 3.8) is 0 Å². The molecule has 2 rings (SSSR count). The summed E-state index contributed by atoms with van der Waals surface area (Å²) in [5.74, 6) is 0.826. The van der Waals surface area contributed by atoms with E-state index in [0.717, 1.165) is 37.5 Å². The van der Waals surface area contributed by atoms with Crippen LogP contribution in [0.2, 0.25) is 0 Å². The van der Waals surface area contributed by atoms with Crippen LogP contribution in [0, 0.1) is 0 Å². The van der Waals surface area contributed by atoms with Gasteiger partial charge in [-0.2, -0.15) is 5.10 Å². The van der Waals surface area contributed by atoms with Crippen LogP contribution in [0.1, 0.15) is 17.5 Å². The Labute approximate surface area is 149 Å². The van der Waals surface area contributed by atoms with Crippen LogP contribution >= 0.6 is 24.0 Å². The summed E-state index contributed by atoms with van der Waals surface area (Å²) < 4.78 is 1.80. The van der Waals surface area contributed by atoms with Gasteiger partial charge >= 0.3 is 0 Å². The monoisotopic (exact) mass is 413 g/mol. The lowest BCUT2D eigenvalue weighted by molar-refractivity contribution is 0.741. The first-order chi connectivity index (χ1) is 10.3. The molecule has 6 heteroatoms. The van der Waals surface area contributed by atoms with Crippen LogP contribution in [0.15, 0.2) is 47.7 Å². The highest BCUT2D eigenvalue weighted by Crippen LogP contribution is 2.01. The van der Waals surface area contributed by atoms with Gasteiger partial charge in [0.25, 0.3) is 0 Å². The maximum atomic E-state index is 4.22. The number of aliphatic imine (C=N–C) groups is 1. The van der Waals surface area contributed by atoms with Crippen LogP contribution in [0.5, 0.6) is 0 Å². The summed E-state index contributed by atoms with van der Waals surface area (Å²) >= 11 is 0. The minimum atomic E-state index is 0. The summed E-state index contributed by atoms with van der Waals surface area (Å²) in [6.07, 6.45) is 6.01. The third kappa shape index (κ3) is 6.46. The van der Waals surface area contributed by atoms with Crippen molar-refractivity contribution in [1.29, 1.82) is 0 Å². The fourth-order valence-corrected chi connectivity index (χ4v) is 2.11. The molecule has 0 saturated carbocycles. The molecule has 0 aliphatic rings. The summed E-state index contributed by atoms with van der Waals surface area (Å²) in [6, 6.07) is 10.5. The van der Waals surface area contributed by atoms with E-state index in [1.54, 1.807) is 11.7 Å². The zero-order valence-electron chi connectivity index (χ0n) is 13.1. The molecule has 0 atom stereocenters. The Morgan fingerprint density at radius 3 is 2.59 bits per heavy atom. The molecule has 1 aromatic heterocycles. The molecule has 0 bridgehead atoms. The van der Waals surface area contributed by atoms with Crippen LogP contribution in [0.3, 0.4) is 0 Å². The highest BCUT2D eigenvalue weighted by atomic mass is 127. The van der Waals surface area contributed by atoms with Crippen molar-refractivity contribution in [3.05, 3.63) is 53.9 Å². The molecule has 1 aromatic carbocycles. The Kier molecular flexibility index (Phi) is 8.57. The van der Waals surface area contributed by atoms with Gasteiger partial charge in [0.05, 0.1) is 6.20 Å². The predicted octanol–water partition coefficient (Wildman–Crippen LogP) is 2.34. The minimum absolute atomic E-state index is 0. The molecule has 0 aliphatic carbocycles. The van der Waals surface area contributed by atoms with Gasteiger partial charge in [0.2, 0.25) is 0 Å². The second kappa shape index (κ2) is 10.2. The fraction of sp³-hybridized carbons (Fsp3) is 0.375. The Hall–Kier alpha value is -1.57. The lowest BCUT2D eigenvalue weighted by atomic mass is 10.1. The number of guanidine groups is 1. The zero-order chi connectivity index (χ0) is 14.9. The highest BCUT2D eigenvalue weighted by Gasteiger charge is 2.00. The second-order valence-corrected chi connectivity index (χ2v) is 4.96. The van der Waals surface area contributed by atoms with Gasteiger partial charge in [-0.15, -0.1) is 24.0 Å². The minimum Gasteiger partial charge on any atom is -0.356 e. The molecule has 1 heterocycles. The lowest BCUT2D eigenvalue weighted by Crippen LogP contribution is -2.37. The first kappa shape index (κ1) is 18.5. The van der Waals surface area contributed by atoms with Gasteiger partial charge in [-0.3, -0.25) is 9.67 Å². The Balaban J connectivity index is 0.00000242. The molecule has 22 heavy (non-hydrogen) atoms. The molecule has 0 unspecified atom stereocenters. The average molecular weight is 413 g/mol. The number of hydrogen-bond donors (Lipinski definition) is 2. The van der Waals surface area contributed by atoms with Crippen LogP contribution in [0.25, 0.3) is 0 Å². The third-order valence-corrected chi connectivity index (χ3v) is 3.22. The summed E-state index contributed by atoms with van der Waals surface area (Å²) in [5.41, 5.74) is 2.52. The summed E-state index contributed by atoms with van der Waals surface area (Å²) in [4.78, 5) is 4.22. The maximum Gasteiger partial charge on any atom is 0.191 e. The fourth-order valence-electron chi connectivity index (χ4n) is 2.11. The molecule has 0 aliphatic heterocycles. The van der Waals surface area contributed by atoms with E-state index in [1.807, 2.05) is 25.5 Å². The van der Waals surface area contributed by atoms with Gasteiger partial charge < -0.3 is 10.6 Å². The van der Waals surface area contributed by atoms with E-state index >= 15 is 0 Å². The molecule has 0 spiro atoms. The van der Waals surface area contributed by atoms with Crippen LogP contribution < -0.4 is 10.6 Å². The van der Waals surface area contributed by atoms with E-state index in [1.165, 1.54) is 5.56 Å². The first-order valence-electron chi connectivity index (χ1n) is 7.24. The number of benzene rings is 1. The van der Waals surface area contributed by atoms with Gasteiger partial charge in [-0.25, -0.2) is 0 Å². The molecule has 2 N–H and O–H groups in total. The standard InChI is InChI=1S/C16H23N5.HI/c1-17-16(19-11-15-12-20-21(2)13-15)18-10-6-9-14-7-4-3-5-8-14;/h3-5,7-8,12-13H,6,9-11H2,1-2H3,(H2,17,18,19);1H. The van der Waals surface area contributed by atoms with Crippen molar-refractivity contribution in [2.45, 2.75) is 19.4 Å². The first-order valence-corrected chi connectivity index (χ1v) is 7.24. The van der Waals surface area contributed by atoms with Crippen LogP contribution in [-0.2, 0) is 20.0 Å². The predicted molar refractivity (Wildman–Crippen MR) is 102 cm³/mol. The molecular formula is C16H24IN5. The van der Waals surface area contributed by atoms with Gasteiger partial charge in [-0.1, -0.05) is 30.3 Å². The molecular weight excluding hydrogens is 389 g/mol. The number of halogens is 1. The zero-order valence-corrected chi connectivity index (χ0v) is 15.5. The molecule has 0 fully saturated rings. The van der Waals surface area contributed by atoms with Gasteiger partial charge in [0, 0.05) is 38.9 Å². The number of aryl methyl sites for hydroxylation is 2. The van der Waals surface area contributed by atoms with Crippen molar-refractivity contribution < 1.29 is 0 Å². The van der Waals surface area contributed by atoms with Gasteiger partial charge in [-0.05, 0) is 18.4 Å². The maximum absolute atomic E-state index is 4.22. The smallest absolute Gasteiger partial charge is 0.191 e. The number of nitrogens with one attached hydrogen (secondary N) is 2. The van der Waals surface area contributed by atoms with E-state index in [0.29, 0.717) is 0 Å². The lowest BCUT2D eigenvalue weighted by Gasteiger charge is -2.11. The van der Waals surface area contributed by atoms with E-state index in [4.69, 9.17) is 0 Å². The van der Waals surface area contributed by atoms with E-state index < -0.39 is 0 Å². The summed E-state index contributed by atoms with van der Waals surface area (Å²) in [7, 11) is 3.70. The van der Waals surface area contributed by atoms with E-state index in [2.05, 4.69) is 45.0 Å². The average Bonchev–Trinajstić information content (AvgIpc) is 2.93. The Bertz CT molecular complexity index is 565. The SMILES string of the molecule is CN=C(NCCCc1ccccc1)NCc1cnn(C)c1.I. The number of hydrogen-bond acceptors (Lipinski definition) is 2. The van der Waals surface area contributed by atoms with E-state index in [9.17, 15) is 0 Å². The Morgan fingerprint density at radius 2 is 1.95 bits per heavy atom. The molecule has 0 amide bonds. The molecule has 5 nitrogen and oxygen atoms in total. The van der Waals surface area contributed by atoms with Crippen molar-refractivity contribution in [2.24, 2.45) is 12.0 Å². The normalized spacial score (nSPS) is 10.9. The molecule has 0 saturated heterocycles. The largest absolute Gasteiger partial charge is 0.356 e. The van der Waals surface area contributed by atoms with E-state index in [-0.39, 0.29) is 24.0 Å². The molecule has 0 radical (unpaired) electrons. The van der Waals surface area contributed by atoms with Crippen molar-refractivity contribution in [3.8, 4) is 0 Å². The number of nitrogens with zero attached hydrogens (tertiary/aromatic N) is 3. The number of aromatic nitrogens is 2. The van der Waals surface area contributed by atoms with Gasteiger partial charge in [0.1, 0.15) is 0 Å².